The maximum Gasteiger partial charge on any atom is 0.219 e. The molecular formula is C12H22N2O3S. The van der Waals surface area contributed by atoms with Gasteiger partial charge in [0.05, 0.1) is 11.9 Å². The van der Waals surface area contributed by atoms with Crippen LogP contribution < -0.4 is 5.32 Å². The summed E-state index contributed by atoms with van der Waals surface area (Å²) >= 11 is 0. The van der Waals surface area contributed by atoms with Crippen molar-refractivity contribution in [3.05, 3.63) is 0 Å². The Morgan fingerprint density at radius 3 is 2.39 bits per heavy atom. The average Bonchev–Trinajstić information content (AvgIpc) is 2.39. The molecule has 3 heterocycles. The topological polar surface area (TPSA) is 58.6 Å². The standard InChI is InChI=1S/C12H22N2O3S/c15-18(16,12-5-2-6-17-9-12)14-7-10-3-1-4-11(8-14)13-10/h10-13H,1-9H2. The number of nitrogens with zero attached hydrogens (tertiary/aromatic N) is 1. The fraction of sp³-hybridized carbons (Fsp3) is 1.00. The number of fused-ring (bicyclic) bond motifs is 2. The van der Waals surface area contributed by atoms with Crippen LogP contribution in [0.3, 0.4) is 0 Å². The molecule has 0 amide bonds. The van der Waals surface area contributed by atoms with Gasteiger partial charge in [0.1, 0.15) is 0 Å². The quantitative estimate of drug-likeness (QED) is 0.788. The summed E-state index contributed by atoms with van der Waals surface area (Å²) in [6.45, 7) is 2.38. The van der Waals surface area contributed by atoms with Crippen LogP contribution in [0.1, 0.15) is 32.1 Å². The van der Waals surface area contributed by atoms with E-state index in [1.807, 2.05) is 0 Å². The largest absolute Gasteiger partial charge is 0.380 e. The first kappa shape index (κ1) is 12.8. The first-order chi connectivity index (χ1) is 8.66. The van der Waals surface area contributed by atoms with Gasteiger partial charge < -0.3 is 10.1 Å². The Hall–Kier alpha value is -0.170. The monoisotopic (exact) mass is 274 g/mol. The van der Waals surface area contributed by atoms with Crippen molar-refractivity contribution in [2.75, 3.05) is 26.3 Å². The Kier molecular flexibility index (Phi) is 3.62. The summed E-state index contributed by atoms with van der Waals surface area (Å²) in [5.74, 6) is 0. The van der Waals surface area contributed by atoms with Gasteiger partial charge in [-0.25, -0.2) is 8.42 Å². The Morgan fingerprint density at radius 1 is 1.06 bits per heavy atom. The smallest absolute Gasteiger partial charge is 0.219 e. The minimum absolute atomic E-state index is 0.315. The summed E-state index contributed by atoms with van der Waals surface area (Å²) in [4.78, 5) is 0. The van der Waals surface area contributed by atoms with Crippen molar-refractivity contribution in [1.29, 1.82) is 0 Å². The molecule has 3 aliphatic rings. The number of piperazine rings is 1. The van der Waals surface area contributed by atoms with Crippen molar-refractivity contribution in [2.24, 2.45) is 0 Å². The van der Waals surface area contributed by atoms with E-state index in [-0.39, 0.29) is 5.25 Å². The van der Waals surface area contributed by atoms with Gasteiger partial charge in [0.25, 0.3) is 0 Å². The summed E-state index contributed by atoms with van der Waals surface area (Å²) < 4.78 is 32.2. The third-order valence-electron chi connectivity index (χ3n) is 4.32. The van der Waals surface area contributed by atoms with Crippen LogP contribution in [0.5, 0.6) is 0 Å². The third kappa shape index (κ3) is 2.43. The average molecular weight is 274 g/mol. The van der Waals surface area contributed by atoms with Gasteiger partial charge in [0.2, 0.25) is 10.0 Å². The highest BCUT2D eigenvalue weighted by molar-refractivity contribution is 7.89. The molecule has 3 aliphatic heterocycles. The maximum absolute atomic E-state index is 12.6. The summed E-state index contributed by atoms with van der Waals surface area (Å²) in [7, 11) is -3.16. The molecule has 0 aromatic heterocycles. The SMILES string of the molecule is O=S(=O)(C1CCCOC1)N1CC2CCCC(C1)N2. The van der Waals surface area contributed by atoms with E-state index in [1.54, 1.807) is 4.31 Å². The zero-order valence-electron chi connectivity index (χ0n) is 10.7. The van der Waals surface area contributed by atoms with Gasteiger partial charge in [-0.15, -0.1) is 0 Å². The molecule has 3 rings (SSSR count). The molecule has 0 aliphatic carbocycles. The van der Waals surface area contributed by atoms with Crippen LogP contribution in [0.2, 0.25) is 0 Å². The number of ether oxygens (including phenoxy) is 1. The van der Waals surface area contributed by atoms with Crippen LogP contribution in [0.25, 0.3) is 0 Å². The Bertz CT molecular complexity index is 380. The minimum atomic E-state index is -3.16. The molecule has 3 fully saturated rings. The van der Waals surface area contributed by atoms with Crippen molar-refractivity contribution < 1.29 is 13.2 Å². The molecule has 1 N–H and O–H groups in total. The lowest BCUT2D eigenvalue weighted by molar-refractivity contribution is 0.0958. The van der Waals surface area contributed by atoms with Crippen LogP contribution in [-0.4, -0.2) is 56.4 Å². The van der Waals surface area contributed by atoms with Crippen molar-refractivity contribution in [3.8, 4) is 0 Å². The maximum atomic E-state index is 12.6. The highest BCUT2D eigenvalue weighted by Crippen LogP contribution is 2.25. The molecule has 3 atom stereocenters. The Morgan fingerprint density at radius 2 is 1.78 bits per heavy atom. The van der Waals surface area contributed by atoms with Gasteiger partial charge in [0.15, 0.2) is 0 Å². The molecule has 0 spiro atoms. The Balaban J connectivity index is 1.72. The number of nitrogens with one attached hydrogen (secondary N) is 1. The van der Waals surface area contributed by atoms with E-state index >= 15 is 0 Å². The first-order valence-corrected chi connectivity index (χ1v) is 8.49. The summed E-state index contributed by atoms with van der Waals surface area (Å²) in [5.41, 5.74) is 0. The number of piperidine rings is 1. The third-order valence-corrected chi connectivity index (χ3v) is 6.56. The zero-order valence-corrected chi connectivity index (χ0v) is 11.5. The fourth-order valence-electron chi connectivity index (χ4n) is 3.33. The zero-order chi connectivity index (χ0) is 12.6. The van der Waals surface area contributed by atoms with Gasteiger partial charge in [-0.05, 0) is 25.7 Å². The normalized spacial score (nSPS) is 38.6. The Labute approximate surface area is 109 Å². The first-order valence-electron chi connectivity index (χ1n) is 6.99. The molecule has 18 heavy (non-hydrogen) atoms. The fourth-order valence-corrected chi connectivity index (χ4v) is 5.26. The van der Waals surface area contributed by atoms with E-state index in [2.05, 4.69) is 5.32 Å². The van der Waals surface area contributed by atoms with E-state index in [4.69, 9.17) is 4.74 Å². The van der Waals surface area contributed by atoms with E-state index < -0.39 is 10.0 Å². The molecule has 5 nitrogen and oxygen atoms in total. The van der Waals surface area contributed by atoms with Crippen molar-refractivity contribution in [2.45, 2.75) is 49.4 Å². The van der Waals surface area contributed by atoms with E-state index in [0.717, 1.165) is 25.7 Å². The van der Waals surface area contributed by atoms with Crippen LogP contribution in [-0.2, 0) is 14.8 Å². The van der Waals surface area contributed by atoms with E-state index in [1.165, 1.54) is 6.42 Å². The molecule has 2 bridgehead atoms. The number of hydrogen-bond acceptors (Lipinski definition) is 4. The lowest BCUT2D eigenvalue weighted by Crippen LogP contribution is -2.61. The molecule has 6 heteroatoms. The van der Waals surface area contributed by atoms with Crippen LogP contribution in [0.4, 0.5) is 0 Å². The lowest BCUT2D eigenvalue weighted by Gasteiger charge is -2.43. The van der Waals surface area contributed by atoms with Crippen LogP contribution >= 0.6 is 0 Å². The second kappa shape index (κ2) is 5.07. The van der Waals surface area contributed by atoms with Gasteiger partial charge in [-0.1, -0.05) is 6.42 Å². The molecular weight excluding hydrogens is 252 g/mol. The molecule has 0 aromatic carbocycles. The minimum Gasteiger partial charge on any atom is -0.380 e. The summed E-state index contributed by atoms with van der Waals surface area (Å²) in [6.07, 6.45) is 5.04. The second-order valence-electron chi connectivity index (χ2n) is 5.69. The highest BCUT2D eigenvalue weighted by Gasteiger charge is 2.39. The predicted octanol–water partition coefficient (Wildman–Crippen LogP) is 0.321. The van der Waals surface area contributed by atoms with Gasteiger partial charge in [-0.2, -0.15) is 4.31 Å². The van der Waals surface area contributed by atoms with Gasteiger partial charge >= 0.3 is 0 Å². The van der Waals surface area contributed by atoms with Gasteiger partial charge in [-0.3, -0.25) is 0 Å². The van der Waals surface area contributed by atoms with Crippen LogP contribution in [0, 0.1) is 0 Å². The summed E-state index contributed by atoms with van der Waals surface area (Å²) in [5, 5.41) is 3.21. The number of sulfonamides is 1. The summed E-state index contributed by atoms with van der Waals surface area (Å²) in [6, 6.07) is 0.716. The predicted molar refractivity (Wildman–Crippen MR) is 68.9 cm³/mol. The van der Waals surface area contributed by atoms with E-state index in [0.29, 0.717) is 38.4 Å². The second-order valence-corrected chi connectivity index (χ2v) is 7.91. The lowest BCUT2D eigenvalue weighted by atomic mass is 9.96. The van der Waals surface area contributed by atoms with Crippen LogP contribution in [0.15, 0.2) is 0 Å². The molecule has 0 aromatic rings. The van der Waals surface area contributed by atoms with Crippen molar-refractivity contribution in [1.82, 2.24) is 9.62 Å². The molecule has 3 unspecified atom stereocenters. The molecule has 0 saturated carbocycles. The number of hydrogen-bond donors (Lipinski definition) is 1. The molecule has 0 radical (unpaired) electrons. The highest BCUT2D eigenvalue weighted by atomic mass is 32.2. The molecule has 3 saturated heterocycles. The van der Waals surface area contributed by atoms with E-state index in [9.17, 15) is 8.42 Å². The number of rotatable bonds is 2. The van der Waals surface area contributed by atoms with Crippen molar-refractivity contribution >= 4 is 10.0 Å². The van der Waals surface area contributed by atoms with Gasteiger partial charge in [0, 0.05) is 31.8 Å². The molecule has 104 valence electrons. The van der Waals surface area contributed by atoms with Crippen molar-refractivity contribution in [3.63, 3.8) is 0 Å².